The Morgan fingerprint density at radius 2 is 2.27 bits per heavy atom. The number of furan rings is 1. The van der Waals surface area contributed by atoms with Crippen LogP contribution in [0.1, 0.15) is 21.7 Å². The summed E-state index contributed by atoms with van der Waals surface area (Å²) in [5.41, 5.74) is 1.39. The van der Waals surface area contributed by atoms with Gasteiger partial charge in [-0.15, -0.1) is 0 Å². The van der Waals surface area contributed by atoms with E-state index in [2.05, 4.69) is 10.4 Å². The Labute approximate surface area is 128 Å². The summed E-state index contributed by atoms with van der Waals surface area (Å²) in [6, 6.07) is -0.207. The second-order valence-electron chi connectivity index (χ2n) is 5.47. The van der Waals surface area contributed by atoms with E-state index in [1.54, 1.807) is 30.3 Å². The Bertz CT molecular complexity index is 657. The van der Waals surface area contributed by atoms with Gasteiger partial charge in [0.15, 0.2) is 5.75 Å². The molecule has 1 N–H and O–H groups in total. The molecule has 2 aromatic heterocycles. The van der Waals surface area contributed by atoms with Crippen molar-refractivity contribution in [2.24, 2.45) is 7.05 Å². The topological polar surface area (TPSA) is 78.5 Å². The smallest absolute Gasteiger partial charge is 0.255 e. The van der Waals surface area contributed by atoms with Crippen LogP contribution in [0.15, 0.2) is 23.1 Å². The minimum atomic E-state index is -0.235. The molecule has 0 spiro atoms. The van der Waals surface area contributed by atoms with Crippen molar-refractivity contribution < 1.29 is 18.7 Å². The lowest BCUT2D eigenvalue weighted by molar-refractivity contribution is 0.0902. The third-order valence-electron chi connectivity index (χ3n) is 3.70. The molecule has 0 aromatic carbocycles. The second kappa shape index (κ2) is 5.84. The van der Waals surface area contributed by atoms with Crippen molar-refractivity contribution in [1.82, 2.24) is 15.1 Å². The average molecular weight is 305 g/mol. The van der Waals surface area contributed by atoms with Gasteiger partial charge in [0.2, 0.25) is 0 Å². The number of aromatic nitrogens is 2. The fraction of sp³-hybridized carbons (Fsp3) is 0.467. The first-order valence-electron chi connectivity index (χ1n) is 7.13. The van der Waals surface area contributed by atoms with Crippen LogP contribution in [0.3, 0.4) is 0 Å². The molecule has 3 heterocycles. The fourth-order valence-electron chi connectivity index (χ4n) is 2.57. The Morgan fingerprint density at radius 3 is 2.91 bits per heavy atom. The Hall–Kier alpha value is -2.28. The molecule has 2 atom stereocenters. The number of nitrogens with zero attached hydrogens (tertiary/aromatic N) is 2. The highest BCUT2D eigenvalue weighted by atomic mass is 16.5. The zero-order valence-corrected chi connectivity index (χ0v) is 12.8. The molecular weight excluding hydrogens is 286 g/mol. The van der Waals surface area contributed by atoms with Crippen LogP contribution in [0.4, 0.5) is 0 Å². The molecule has 22 heavy (non-hydrogen) atoms. The zero-order chi connectivity index (χ0) is 15.7. The van der Waals surface area contributed by atoms with E-state index in [4.69, 9.17) is 13.9 Å². The molecule has 118 valence electrons. The predicted octanol–water partition coefficient (Wildman–Crippen LogP) is 1.21. The van der Waals surface area contributed by atoms with Crippen LogP contribution in [0.2, 0.25) is 0 Å². The number of carbonyl (C=O) groups excluding carboxylic acids is 1. The highest BCUT2D eigenvalue weighted by molar-refractivity contribution is 5.96. The molecule has 0 radical (unpaired) electrons. The number of hydrogen-bond acceptors (Lipinski definition) is 5. The number of amides is 1. The van der Waals surface area contributed by atoms with Gasteiger partial charge in [-0.2, -0.15) is 5.10 Å². The highest BCUT2D eigenvalue weighted by Gasteiger charge is 2.32. The van der Waals surface area contributed by atoms with Gasteiger partial charge in [0.25, 0.3) is 5.91 Å². The predicted molar refractivity (Wildman–Crippen MR) is 77.9 cm³/mol. The quantitative estimate of drug-likeness (QED) is 0.918. The molecule has 0 aliphatic carbocycles. The monoisotopic (exact) mass is 305 g/mol. The molecule has 0 saturated carbocycles. The van der Waals surface area contributed by atoms with Gasteiger partial charge in [0, 0.05) is 12.6 Å². The lowest BCUT2D eigenvalue weighted by atomic mass is 10.1. The third-order valence-corrected chi connectivity index (χ3v) is 3.70. The average Bonchev–Trinajstić information content (AvgIpc) is 3.14. The minimum absolute atomic E-state index is 0.168. The van der Waals surface area contributed by atoms with Crippen molar-refractivity contribution >= 4 is 5.91 Å². The van der Waals surface area contributed by atoms with Gasteiger partial charge in [0.1, 0.15) is 11.9 Å². The van der Waals surface area contributed by atoms with E-state index in [0.29, 0.717) is 30.3 Å². The molecular formula is C15H19N3O4. The molecule has 3 rings (SSSR count). The molecule has 7 nitrogen and oxygen atoms in total. The highest BCUT2D eigenvalue weighted by Crippen LogP contribution is 2.19. The second-order valence-corrected chi connectivity index (χ2v) is 5.47. The van der Waals surface area contributed by atoms with Crippen molar-refractivity contribution in [2.45, 2.75) is 26.0 Å². The maximum Gasteiger partial charge on any atom is 0.255 e. The summed E-state index contributed by atoms with van der Waals surface area (Å²) in [6.45, 7) is 4.48. The standard InChI is InChI=1S/C15H19N3O4/c1-9-6-21-10(2)14(9)15(19)17-12-7-20-8-13(12)22-11-4-16-18(3)5-11/h4-6,12-13H,7-8H2,1-3H3,(H,17,19)/t12-,13+/m0/s1. The number of hydrogen-bond donors (Lipinski definition) is 1. The van der Waals surface area contributed by atoms with Gasteiger partial charge < -0.3 is 19.2 Å². The molecule has 0 unspecified atom stereocenters. The van der Waals surface area contributed by atoms with E-state index in [9.17, 15) is 4.79 Å². The van der Waals surface area contributed by atoms with E-state index in [1.807, 2.05) is 14.0 Å². The van der Waals surface area contributed by atoms with E-state index in [0.717, 1.165) is 5.56 Å². The lowest BCUT2D eigenvalue weighted by Crippen LogP contribution is -2.45. The van der Waals surface area contributed by atoms with Crippen LogP contribution in [0.25, 0.3) is 0 Å². The fourth-order valence-corrected chi connectivity index (χ4v) is 2.57. The summed E-state index contributed by atoms with van der Waals surface area (Å²) in [6.07, 6.45) is 4.77. The normalized spacial score (nSPS) is 21.0. The van der Waals surface area contributed by atoms with Crippen LogP contribution in [-0.4, -0.2) is 41.0 Å². The largest absolute Gasteiger partial charge is 0.482 e. The summed E-state index contributed by atoms with van der Waals surface area (Å²) >= 11 is 0. The van der Waals surface area contributed by atoms with E-state index >= 15 is 0 Å². The Kier molecular flexibility index (Phi) is 3.89. The van der Waals surface area contributed by atoms with Gasteiger partial charge in [0.05, 0.1) is 43.5 Å². The third kappa shape index (κ3) is 2.85. The first kappa shape index (κ1) is 14.6. The summed E-state index contributed by atoms with van der Waals surface area (Å²) in [5, 5.41) is 7.02. The summed E-state index contributed by atoms with van der Waals surface area (Å²) in [5.74, 6) is 1.10. The summed E-state index contributed by atoms with van der Waals surface area (Å²) in [4.78, 5) is 12.4. The molecule has 1 fully saturated rings. The minimum Gasteiger partial charge on any atom is -0.482 e. The van der Waals surface area contributed by atoms with Crippen molar-refractivity contribution in [1.29, 1.82) is 0 Å². The molecule has 0 bridgehead atoms. The summed E-state index contributed by atoms with van der Waals surface area (Å²) in [7, 11) is 1.82. The van der Waals surface area contributed by atoms with Crippen LogP contribution in [0.5, 0.6) is 5.75 Å². The molecule has 1 saturated heterocycles. The first-order valence-corrected chi connectivity index (χ1v) is 7.13. The Morgan fingerprint density at radius 1 is 1.45 bits per heavy atom. The van der Waals surface area contributed by atoms with Gasteiger partial charge >= 0.3 is 0 Å². The molecule has 2 aromatic rings. The van der Waals surface area contributed by atoms with Crippen LogP contribution in [0, 0.1) is 13.8 Å². The number of carbonyl (C=O) groups is 1. The maximum atomic E-state index is 12.4. The number of ether oxygens (including phenoxy) is 2. The van der Waals surface area contributed by atoms with E-state index in [-0.39, 0.29) is 18.1 Å². The molecule has 1 aliphatic rings. The first-order chi connectivity index (χ1) is 10.5. The number of rotatable bonds is 4. The van der Waals surface area contributed by atoms with Gasteiger partial charge in [-0.05, 0) is 13.8 Å². The van der Waals surface area contributed by atoms with Crippen molar-refractivity contribution in [3.8, 4) is 5.75 Å². The molecule has 1 aliphatic heterocycles. The van der Waals surface area contributed by atoms with Crippen molar-refractivity contribution in [3.05, 3.63) is 35.5 Å². The maximum absolute atomic E-state index is 12.4. The van der Waals surface area contributed by atoms with Crippen molar-refractivity contribution in [2.75, 3.05) is 13.2 Å². The lowest BCUT2D eigenvalue weighted by Gasteiger charge is -2.19. The van der Waals surface area contributed by atoms with Crippen LogP contribution in [-0.2, 0) is 11.8 Å². The van der Waals surface area contributed by atoms with Crippen molar-refractivity contribution in [3.63, 3.8) is 0 Å². The SMILES string of the molecule is Cc1coc(C)c1C(=O)N[C@H]1COC[C@H]1Oc1cnn(C)c1. The molecule has 1 amide bonds. The van der Waals surface area contributed by atoms with Gasteiger partial charge in [-0.25, -0.2) is 0 Å². The van der Waals surface area contributed by atoms with Crippen LogP contribution >= 0.6 is 0 Å². The summed E-state index contributed by atoms with van der Waals surface area (Å²) < 4.78 is 18.2. The Balaban J connectivity index is 1.67. The molecule has 7 heteroatoms. The van der Waals surface area contributed by atoms with Crippen LogP contribution < -0.4 is 10.1 Å². The van der Waals surface area contributed by atoms with Gasteiger partial charge in [-0.1, -0.05) is 0 Å². The van der Waals surface area contributed by atoms with E-state index in [1.165, 1.54) is 0 Å². The van der Waals surface area contributed by atoms with Gasteiger partial charge in [-0.3, -0.25) is 9.48 Å². The number of nitrogens with one attached hydrogen (secondary N) is 1. The number of aryl methyl sites for hydroxylation is 3. The zero-order valence-electron chi connectivity index (χ0n) is 12.8. The van der Waals surface area contributed by atoms with E-state index < -0.39 is 0 Å².